The van der Waals surface area contributed by atoms with Crippen LogP contribution < -0.4 is 9.46 Å². The molecule has 2 rings (SSSR count). The Labute approximate surface area is 163 Å². The highest BCUT2D eigenvalue weighted by molar-refractivity contribution is 7.89. The fraction of sp³-hybridized carbons (Fsp3) is 0.211. The van der Waals surface area contributed by atoms with Crippen molar-refractivity contribution in [2.45, 2.75) is 17.9 Å². The first-order valence-electron chi connectivity index (χ1n) is 8.03. The van der Waals surface area contributed by atoms with E-state index in [1.165, 1.54) is 38.4 Å². The number of sulfonamides is 1. The zero-order valence-corrected chi connectivity index (χ0v) is 16.7. The highest BCUT2D eigenvalue weighted by Gasteiger charge is 2.18. The number of carbonyl (C=O) groups is 1. The van der Waals surface area contributed by atoms with Gasteiger partial charge in [0.1, 0.15) is 16.7 Å². The summed E-state index contributed by atoms with van der Waals surface area (Å²) in [6, 6.07) is 11.7. The van der Waals surface area contributed by atoms with Gasteiger partial charge >= 0.3 is 5.97 Å². The number of halogens is 1. The van der Waals surface area contributed by atoms with Crippen LogP contribution in [0.3, 0.4) is 0 Å². The number of hydrogen-bond donors (Lipinski definition) is 1. The van der Waals surface area contributed by atoms with Gasteiger partial charge in [-0.25, -0.2) is 17.9 Å². The van der Waals surface area contributed by atoms with E-state index in [0.29, 0.717) is 16.1 Å². The molecule has 0 aromatic heterocycles. The minimum Gasteiger partial charge on any atom is -0.495 e. The molecule has 0 aliphatic rings. The second-order valence-corrected chi connectivity index (χ2v) is 7.81. The van der Waals surface area contributed by atoms with Gasteiger partial charge in [-0.15, -0.1) is 0 Å². The normalized spacial score (nSPS) is 12.7. The zero-order chi connectivity index (χ0) is 20.0. The Bertz CT molecular complexity index is 956. The van der Waals surface area contributed by atoms with Gasteiger partial charge in [-0.3, -0.25) is 0 Å². The van der Waals surface area contributed by atoms with Gasteiger partial charge in [0.15, 0.2) is 0 Å². The Hall–Kier alpha value is -2.35. The van der Waals surface area contributed by atoms with Crippen molar-refractivity contribution in [1.82, 2.24) is 4.72 Å². The summed E-state index contributed by atoms with van der Waals surface area (Å²) >= 11 is 6.09. The number of rotatable bonds is 7. The van der Waals surface area contributed by atoms with Crippen LogP contribution in [-0.4, -0.2) is 28.5 Å². The Morgan fingerprint density at radius 3 is 2.56 bits per heavy atom. The lowest BCUT2D eigenvalue weighted by molar-refractivity contribution is -0.142. The third kappa shape index (κ3) is 5.32. The predicted octanol–water partition coefficient (Wildman–Crippen LogP) is 3.57. The second kappa shape index (κ2) is 9.03. The van der Waals surface area contributed by atoms with Crippen LogP contribution in [0.15, 0.2) is 53.4 Å². The van der Waals surface area contributed by atoms with Crippen molar-refractivity contribution in [2.75, 3.05) is 14.2 Å². The minimum atomic E-state index is -3.70. The molecule has 1 N–H and O–H groups in total. The molecule has 0 spiro atoms. The maximum absolute atomic E-state index is 12.1. The molecule has 27 heavy (non-hydrogen) atoms. The minimum absolute atomic E-state index is 0.0209. The summed E-state index contributed by atoms with van der Waals surface area (Å²) < 4.78 is 36.8. The summed E-state index contributed by atoms with van der Waals surface area (Å²) in [6.45, 7) is 1.72. The molecule has 2 aromatic rings. The Kier molecular flexibility index (Phi) is 7.01. The van der Waals surface area contributed by atoms with E-state index < -0.39 is 22.1 Å². The number of carbonyl (C=O) groups excluding carboxylic acids is 1. The monoisotopic (exact) mass is 409 g/mol. The average molecular weight is 410 g/mol. The van der Waals surface area contributed by atoms with E-state index in [-0.39, 0.29) is 10.6 Å². The molecule has 1 atom stereocenters. The van der Waals surface area contributed by atoms with Gasteiger partial charge in [0.25, 0.3) is 0 Å². The molecule has 8 heteroatoms. The van der Waals surface area contributed by atoms with Gasteiger partial charge in [-0.05, 0) is 43.8 Å². The summed E-state index contributed by atoms with van der Waals surface area (Å²) in [5.74, 6) is -0.368. The molecule has 6 nitrogen and oxygen atoms in total. The van der Waals surface area contributed by atoms with Crippen molar-refractivity contribution in [3.63, 3.8) is 0 Å². The van der Waals surface area contributed by atoms with Gasteiger partial charge in [-0.2, -0.15) is 0 Å². The van der Waals surface area contributed by atoms with Crippen molar-refractivity contribution in [1.29, 1.82) is 0 Å². The van der Waals surface area contributed by atoms with Crippen LogP contribution in [0, 0.1) is 0 Å². The quantitative estimate of drug-likeness (QED) is 0.558. The van der Waals surface area contributed by atoms with Gasteiger partial charge in [0.05, 0.1) is 7.11 Å². The van der Waals surface area contributed by atoms with E-state index in [1.807, 2.05) is 6.07 Å². The van der Waals surface area contributed by atoms with Gasteiger partial charge < -0.3 is 9.47 Å². The number of methoxy groups -OCH3 is 1. The summed E-state index contributed by atoms with van der Waals surface area (Å²) in [7, 11) is -1.01. The molecule has 0 saturated carbocycles. The van der Waals surface area contributed by atoms with E-state index in [0.717, 1.165) is 0 Å². The van der Waals surface area contributed by atoms with E-state index in [2.05, 4.69) is 4.72 Å². The van der Waals surface area contributed by atoms with Crippen LogP contribution in [0.2, 0.25) is 5.02 Å². The third-order valence-electron chi connectivity index (χ3n) is 3.79. The molecule has 0 aliphatic carbocycles. The fourth-order valence-corrected chi connectivity index (χ4v) is 3.58. The maximum atomic E-state index is 12.1. The number of esters is 1. The van der Waals surface area contributed by atoms with Gasteiger partial charge in [0.2, 0.25) is 10.0 Å². The molecule has 0 aliphatic heterocycles. The smallest absolute Gasteiger partial charge is 0.331 e. The largest absolute Gasteiger partial charge is 0.495 e. The Balaban J connectivity index is 2.17. The first-order valence-corrected chi connectivity index (χ1v) is 9.89. The van der Waals surface area contributed by atoms with Crippen molar-refractivity contribution >= 4 is 33.7 Å². The summed E-state index contributed by atoms with van der Waals surface area (Å²) in [5, 5.41) is 0.513. The second-order valence-electron chi connectivity index (χ2n) is 5.55. The molecule has 144 valence electrons. The lowest BCUT2D eigenvalue weighted by atomic mass is 10.1. The molecule has 0 radical (unpaired) electrons. The van der Waals surface area contributed by atoms with E-state index in [9.17, 15) is 13.2 Å². The van der Waals surface area contributed by atoms with Crippen LogP contribution >= 0.6 is 11.6 Å². The first kappa shape index (κ1) is 21.0. The van der Waals surface area contributed by atoms with E-state index in [4.69, 9.17) is 21.1 Å². The van der Waals surface area contributed by atoms with Gasteiger partial charge in [-0.1, -0.05) is 35.9 Å². The lowest BCUT2D eigenvalue weighted by Crippen LogP contribution is -2.19. The highest BCUT2D eigenvalue weighted by Crippen LogP contribution is 2.26. The van der Waals surface area contributed by atoms with Crippen LogP contribution in [-0.2, 0) is 19.6 Å². The Morgan fingerprint density at radius 2 is 1.93 bits per heavy atom. The van der Waals surface area contributed by atoms with Crippen molar-refractivity contribution in [2.24, 2.45) is 0 Å². The highest BCUT2D eigenvalue weighted by atomic mass is 35.5. The third-order valence-corrected chi connectivity index (χ3v) is 5.57. The molecule has 0 unspecified atom stereocenters. The van der Waals surface area contributed by atoms with Crippen LogP contribution in [0.25, 0.3) is 6.08 Å². The van der Waals surface area contributed by atoms with E-state index >= 15 is 0 Å². The summed E-state index contributed by atoms with van der Waals surface area (Å²) in [5.41, 5.74) is 1.21. The SMILES string of the molecule is CNS(=O)(=O)c1cc(/C=C/C(=O)O[C@@H](C)c2ccccc2Cl)ccc1OC. The lowest BCUT2D eigenvalue weighted by Gasteiger charge is -2.13. The molecule has 0 amide bonds. The fourth-order valence-electron chi connectivity index (χ4n) is 2.36. The molecule has 0 heterocycles. The van der Waals surface area contributed by atoms with Crippen molar-refractivity contribution in [3.05, 3.63) is 64.7 Å². The topological polar surface area (TPSA) is 81.7 Å². The maximum Gasteiger partial charge on any atom is 0.331 e. The average Bonchev–Trinajstić information content (AvgIpc) is 2.66. The first-order chi connectivity index (χ1) is 12.8. The van der Waals surface area contributed by atoms with Crippen molar-refractivity contribution in [3.8, 4) is 5.75 Å². The number of ether oxygens (including phenoxy) is 2. The van der Waals surface area contributed by atoms with Crippen LogP contribution in [0.1, 0.15) is 24.2 Å². The number of benzene rings is 2. The molecule has 0 fully saturated rings. The molecule has 2 aromatic carbocycles. The summed E-state index contributed by atoms with van der Waals surface area (Å²) in [6.07, 6.45) is 2.17. The number of hydrogen-bond acceptors (Lipinski definition) is 5. The van der Waals surface area contributed by atoms with Crippen molar-refractivity contribution < 1.29 is 22.7 Å². The molecule has 0 saturated heterocycles. The molecule has 0 bridgehead atoms. The number of nitrogens with one attached hydrogen (secondary N) is 1. The standard InChI is InChI=1S/C19H20ClNO5S/c1-13(15-6-4-5-7-16(15)20)26-19(22)11-9-14-8-10-17(25-3)18(12-14)27(23,24)21-2/h4-13,21H,1-3H3/b11-9+/t13-/m0/s1. The van der Waals surface area contributed by atoms with Crippen LogP contribution in [0.5, 0.6) is 5.75 Å². The molecular formula is C19H20ClNO5S. The zero-order valence-electron chi connectivity index (χ0n) is 15.1. The van der Waals surface area contributed by atoms with Crippen LogP contribution in [0.4, 0.5) is 0 Å². The predicted molar refractivity (Wildman–Crippen MR) is 104 cm³/mol. The summed E-state index contributed by atoms with van der Waals surface area (Å²) in [4.78, 5) is 12.0. The Morgan fingerprint density at radius 1 is 1.22 bits per heavy atom. The van der Waals surface area contributed by atoms with Gasteiger partial charge in [0, 0.05) is 16.7 Å². The van der Waals surface area contributed by atoms with E-state index in [1.54, 1.807) is 31.2 Å². The molecular weight excluding hydrogens is 390 g/mol.